The molecule has 2 amide bonds. The molecule has 27 heavy (non-hydrogen) atoms. The van der Waals surface area contributed by atoms with Gasteiger partial charge in [-0.05, 0) is 25.1 Å². The predicted molar refractivity (Wildman–Crippen MR) is 100 cm³/mol. The maximum atomic E-state index is 12.1. The van der Waals surface area contributed by atoms with Crippen LogP contribution in [0.5, 0.6) is 5.75 Å². The molecular formula is C17H19N3O6S. The van der Waals surface area contributed by atoms with E-state index in [0.717, 1.165) is 11.3 Å². The van der Waals surface area contributed by atoms with Gasteiger partial charge in [-0.15, -0.1) is 0 Å². The first-order valence-electron chi connectivity index (χ1n) is 7.86. The van der Waals surface area contributed by atoms with Crippen molar-refractivity contribution in [1.82, 2.24) is 4.57 Å². The van der Waals surface area contributed by atoms with E-state index < -0.39 is 18.5 Å². The van der Waals surface area contributed by atoms with E-state index in [2.05, 4.69) is 10.6 Å². The third-order valence-corrected chi connectivity index (χ3v) is 4.30. The van der Waals surface area contributed by atoms with Crippen molar-refractivity contribution in [3.8, 4) is 5.75 Å². The molecule has 1 aromatic carbocycles. The smallest absolute Gasteiger partial charge is 0.326 e. The minimum absolute atomic E-state index is 0.259. The minimum Gasteiger partial charge on any atom is -0.495 e. The Balaban J connectivity index is 1.96. The van der Waals surface area contributed by atoms with E-state index in [4.69, 9.17) is 9.47 Å². The fourth-order valence-electron chi connectivity index (χ4n) is 2.19. The van der Waals surface area contributed by atoms with Gasteiger partial charge < -0.3 is 20.1 Å². The van der Waals surface area contributed by atoms with Crippen molar-refractivity contribution in [2.24, 2.45) is 0 Å². The number of nitrogens with zero attached hydrogens (tertiary/aromatic N) is 1. The highest BCUT2D eigenvalue weighted by Crippen LogP contribution is 2.27. The molecule has 0 aliphatic rings. The summed E-state index contributed by atoms with van der Waals surface area (Å²) in [6.45, 7) is 2.28. The third kappa shape index (κ3) is 5.68. The van der Waals surface area contributed by atoms with Crippen LogP contribution in [0.2, 0.25) is 0 Å². The second-order valence-corrected chi connectivity index (χ2v) is 6.35. The van der Waals surface area contributed by atoms with Crippen molar-refractivity contribution in [1.29, 1.82) is 0 Å². The molecule has 1 aromatic heterocycles. The molecular weight excluding hydrogens is 374 g/mol. The van der Waals surface area contributed by atoms with Gasteiger partial charge in [-0.2, -0.15) is 0 Å². The molecule has 0 aliphatic heterocycles. The maximum absolute atomic E-state index is 12.1. The summed E-state index contributed by atoms with van der Waals surface area (Å²) in [4.78, 5) is 46.4. The Labute approximate surface area is 158 Å². The van der Waals surface area contributed by atoms with E-state index in [1.807, 2.05) is 0 Å². The highest BCUT2D eigenvalue weighted by molar-refractivity contribution is 7.07. The highest BCUT2D eigenvalue weighted by atomic mass is 32.1. The van der Waals surface area contributed by atoms with Gasteiger partial charge in [0, 0.05) is 23.7 Å². The molecule has 144 valence electrons. The standard InChI is InChI=1S/C17H19N3O6S/c1-10-9-27-17(24)20(10)7-16(23)26-8-15(22)19-13-6-12(18-11(2)21)4-5-14(13)25-3/h4-6,9H,7-8H2,1-3H3,(H,18,21)(H,19,22). The Morgan fingerprint density at radius 3 is 2.56 bits per heavy atom. The van der Waals surface area contributed by atoms with Gasteiger partial charge in [-0.1, -0.05) is 11.3 Å². The van der Waals surface area contributed by atoms with Crippen molar-refractivity contribution in [2.45, 2.75) is 20.4 Å². The Morgan fingerprint density at radius 2 is 1.96 bits per heavy atom. The van der Waals surface area contributed by atoms with Crippen LogP contribution in [0.1, 0.15) is 12.6 Å². The van der Waals surface area contributed by atoms with Crippen LogP contribution in [-0.4, -0.2) is 36.1 Å². The summed E-state index contributed by atoms with van der Waals surface area (Å²) in [6.07, 6.45) is 0. The zero-order valence-electron chi connectivity index (χ0n) is 15.0. The first-order chi connectivity index (χ1) is 12.8. The van der Waals surface area contributed by atoms with Gasteiger partial charge in [-0.3, -0.25) is 23.7 Å². The molecule has 2 aromatic rings. The van der Waals surface area contributed by atoms with Crippen LogP contribution in [0.4, 0.5) is 11.4 Å². The molecule has 10 heteroatoms. The van der Waals surface area contributed by atoms with Gasteiger partial charge in [-0.25, -0.2) is 0 Å². The summed E-state index contributed by atoms with van der Waals surface area (Å²) in [5.41, 5.74) is 1.43. The van der Waals surface area contributed by atoms with Gasteiger partial charge >= 0.3 is 10.8 Å². The van der Waals surface area contributed by atoms with E-state index in [0.29, 0.717) is 22.8 Å². The number of ether oxygens (including phenoxy) is 2. The quantitative estimate of drug-likeness (QED) is 0.687. The summed E-state index contributed by atoms with van der Waals surface area (Å²) in [5, 5.41) is 6.78. The molecule has 9 nitrogen and oxygen atoms in total. The van der Waals surface area contributed by atoms with Gasteiger partial charge in [0.15, 0.2) is 6.61 Å². The second kappa shape index (κ2) is 8.99. The zero-order valence-corrected chi connectivity index (χ0v) is 15.8. The number of methoxy groups -OCH3 is 1. The molecule has 0 aliphatic carbocycles. The normalized spacial score (nSPS) is 10.2. The average molecular weight is 393 g/mol. The van der Waals surface area contributed by atoms with Gasteiger partial charge in [0.1, 0.15) is 12.3 Å². The van der Waals surface area contributed by atoms with Crippen LogP contribution >= 0.6 is 11.3 Å². The Kier molecular flexibility index (Phi) is 6.72. The SMILES string of the molecule is COc1ccc(NC(C)=O)cc1NC(=O)COC(=O)Cn1c(C)csc1=O. The Morgan fingerprint density at radius 1 is 1.22 bits per heavy atom. The van der Waals surface area contributed by atoms with E-state index in [-0.39, 0.29) is 17.3 Å². The van der Waals surface area contributed by atoms with Gasteiger partial charge in [0.05, 0.1) is 12.8 Å². The Bertz CT molecular complexity index is 918. The summed E-state index contributed by atoms with van der Waals surface area (Å²) < 4.78 is 11.3. The molecule has 0 atom stereocenters. The van der Waals surface area contributed by atoms with E-state index in [1.54, 1.807) is 24.4 Å². The minimum atomic E-state index is -0.701. The molecule has 0 radical (unpaired) electrons. The number of hydrogen-bond donors (Lipinski definition) is 2. The zero-order chi connectivity index (χ0) is 20.0. The van der Waals surface area contributed by atoms with Crippen LogP contribution in [0.25, 0.3) is 0 Å². The lowest BCUT2D eigenvalue weighted by Gasteiger charge is -2.12. The lowest BCUT2D eigenvalue weighted by molar-refractivity contribution is -0.147. The molecule has 2 rings (SSSR count). The third-order valence-electron chi connectivity index (χ3n) is 3.42. The number of thiazole rings is 1. The van der Waals surface area contributed by atoms with E-state index in [9.17, 15) is 19.2 Å². The highest BCUT2D eigenvalue weighted by Gasteiger charge is 2.14. The summed E-state index contributed by atoms with van der Waals surface area (Å²) in [7, 11) is 1.43. The average Bonchev–Trinajstić information content (AvgIpc) is 2.92. The predicted octanol–water partition coefficient (Wildman–Crippen LogP) is 1.37. The van der Waals surface area contributed by atoms with Gasteiger partial charge in [0.25, 0.3) is 5.91 Å². The first kappa shape index (κ1) is 20.2. The number of hydrogen-bond acceptors (Lipinski definition) is 7. The topological polar surface area (TPSA) is 116 Å². The number of aromatic nitrogens is 1. The molecule has 0 fully saturated rings. The van der Waals surface area contributed by atoms with Crippen LogP contribution in [-0.2, 0) is 25.7 Å². The first-order valence-corrected chi connectivity index (χ1v) is 8.74. The number of anilines is 2. The summed E-state index contributed by atoms with van der Waals surface area (Å²) in [6, 6.07) is 4.73. The number of aryl methyl sites for hydroxylation is 1. The van der Waals surface area contributed by atoms with Crippen molar-refractivity contribution in [3.63, 3.8) is 0 Å². The summed E-state index contributed by atoms with van der Waals surface area (Å²) in [5.74, 6) is -1.17. The van der Waals surface area contributed by atoms with E-state index >= 15 is 0 Å². The van der Waals surface area contributed by atoms with Crippen molar-refractivity contribution in [3.05, 3.63) is 38.9 Å². The molecule has 0 saturated carbocycles. The summed E-state index contributed by atoms with van der Waals surface area (Å²) >= 11 is 0.985. The van der Waals surface area contributed by atoms with Crippen molar-refractivity contribution in [2.75, 3.05) is 24.4 Å². The molecule has 0 bridgehead atoms. The van der Waals surface area contributed by atoms with Crippen LogP contribution in [0, 0.1) is 6.92 Å². The largest absolute Gasteiger partial charge is 0.495 e. The fourth-order valence-corrected chi connectivity index (χ4v) is 2.92. The number of esters is 1. The lowest BCUT2D eigenvalue weighted by Crippen LogP contribution is -2.26. The monoisotopic (exact) mass is 393 g/mol. The fraction of sp³-hybridized carbons (Fsp3) is 0.294. The molecule has 1 heterocycles. The molecule has 2 N–H and O–H groups in total. The van der Waals surface area contributed by atoms with Crippen LogP contribution in [0.15, 0.2) is 28.4 Å². The van der Waals surface area contributed by atoms with Gasteiger partial charge in [0.2, 0.25) is 5.91 Å². The number of rotatable bonds is 7. The van der Waals surface area contributed by atoms with Crippen LogP contribution < -0.4 is 20.2 Å². The number of amides is 2. The molecule has 0 spiro atoms. The lowest BCUT2D eigenvalue weighted by atomic mass is 10.2. The number of benzene rings is 1. The van der Waals surface area contributed by atoms with Crippen molar-refractivity contribution >= 4 is 40.5 Å². The maximum Gasteiger partial charge on any atom is 0.326 e. The second-order valence-electron chi connectivity index (χ2n) is 5.53. The van der Waals surface area contributed by atoms with Crippen molar-refractivity contribution < 1.29 is 23.9 Å². The molecule has 0 unspecified atom stereocenters. The Hall–Kier alpha value is -3.14. The molecule has 0 saturated heterocycles. The number of carbonyl (C=O) groups excluding carboxylic acids is 3. The van der Waals surface area contributed by atoms with Crippen LogP contribution in [0.3, 0.4) is 0 Å². The number of nitrogens with one attached hydrogen (secondary N) is 2. The number of carbonyl (C=O) groups is 3. The van der Waals surface area contributed by atoms with E-state index in [1.165, 1.54) is 24.7 Å².